The molecule has 1 N–H and O–H groups in total. The van der Waals surface area contributed by atoms with E-state index in [9.17, 15) is 5.11 Å². The number of rotatable bonds is 3. The van der Waals surface area contributed by atoms with E-state index < -0.39 is 0 Å². The van der Waals surface area contributed by atoms with Gasteiger partial charge in [0, 0.05) is 24.5 Å². The third-order valence-corrected chi connectivity index (χ3v) is 3.76. The van der Waals surface area contributed by atoms with Gasteiger partial charge in [-0.3, -0.25) is 9.98 Å². The summed E-state index contributed by atoms with van der Waals surface area (Å²) in [4.78, 5) is 10.3. The number of ether oxygens (including phenoxy) is 1. The number of hydrogen-bond acceptors (Lipinski definition) is 4. The Balaban J connectivity index is 2.20. The molecule has 0 aromatic rings. The Labute approximate surface area is 114 Å². The van der Waals surface area contributed by atoms with Gasteiger partial charge in [-0.15, -0.1) is 0 Å². The predicted octanol–water partition coefficient (Wildman–Crippen LogP) is 1.56. The first-order valence-corrected chi connectivity index (χ1v) is 6.50. The summed E-state index contributed by atoms with van der Waals surface area (Å²) in [5, 5.41) is 9.27. The van der Waals surface area contributed by atoms with Crippen LogP contribution in [0.15, 0.2) is 33.5 Å². The Morgan fingerprint density at radius 2 is 2.37 bits per heavy atom. The Hall–Kier alpha value is -1.46. The molecular formula is C14H21N3O2. The van der Waals surface area contributed by atoms with Gasteiger partial charge in [-0.2, -0.15) is 0 Å². The van der Waals surface area contributed by atoms with Crippen LogP contribution in [0.5, 0.6) is 0 Å². The quantitative estimate of drug-likeness (QED) is 0.786. The van der Waals surface area contributed by atoms with E-state index in [2.05, 4.69) is 23.6 Å². The van der Waals surface area contributed by atoms with Crippen LogP contribution >= 0.6 is 0 Å². The van der Waals surface area contributed by atoms with E-state index in [1.54, 1.807) is 7.05 Å². The maximum absolute atomic E-state index is 9.27. The van der Waals surface area contributed by atoms with Gasteiger partial charge in [0.15, 0.2) is 0 Å². The number of allylic oxidation sites excluding steroid dienone is 1. The summed E-state index contributed by atoms with van der Waals surface area (Å²) in [6.07, 6.45) is 4.65. The lowest BCUT2D eigenvalue weighted by Gasteiger charge is -2.25. The van der Waals surface area contributed by atoms with Crippen LogP contribution in [-0.2, 0) is 4.74 Å². The minimum Gasteiger partial charge on any atom is -0.394 e. The van der Waals surface area contributed by atoms with Gasteiger partial charge in [0.2, 0.25) is 0 Å². The maximum atomic E-state index is 9.27. The number of aliphatic hydroxyl groups excluding tert-OH is 1. The molecule has 19 heavy (non-hydrogen) atoms. The zero-order valence-electron chi connectivity index (χ0n) is 11.7. The molecule has 1 fully saturated rings. The van der Waals surface area contributed by atoms with Gasteiger partial charge < -0.3 is 14.7 Å². The van der Waals surface area contributed by atoms with Crippen molar-refractivity contribution in [3.63, 3.8) is 0 Å². The average molecular weight is 263 g/mol. The van der Waals surface area contributed by atoms with Gasteiger partial charge in [-0.25, -0.2) is 0 Å². The SMILES string of the molecule is C=N/C(C)=C1/C=CN(C2CC(C)C(CO)O2)C1=NC. The Bertz CT molecular complexity index is 454. The van der Waals surface area contributed by atoms with Crippen LogP contribution in [0.1, 0.15) is 20.3 Å². The van der Waals surface area contributed by atoms with Crippen LogP contribution in [0.2, 0.25) is 0 Å². The van der Waals surface area contributed by atoms with Crippen LogP contribution in [0, 0.1) is 5.92 Å². The van der Waals surface area contributed by atoms with Crippen LogP contribution in [0.3, 0.4) is 0 Å². The molecule has 0 aliphatic carbocycles. The third-order valence-electron chi connectivity index (χ3n) is 3.76. The molecule has 2 rings (SSSR count). The second-order valence-electron chi connectivity index (χ2n) is 4.95. The van der Waals surface area contributed by atoms with Crippen LogP contribution in [0.4, 0.5) is 0 Å². The first-order chi connectivity index (χ1) is 9.12. The van der Waals surface area contributed by atoms with Crippen molar-refractivity contribution in [2.24, 2.45) is 15.9 Å². The zero-order chi connectivity index (χ0) is 14.0. The summed E-state index contributed by atoms with van der Waals surface area (Å²) >= 11 is 0. The smallest absolute Gasteiger partial charge is 0.138 e. The Kier molecular flexibility index (Phi) is 4.17. The topological polar surface area (TPSA) is 57.4 Å². The summed E-state index contributed by atoms with van der Waals surface area (Å²) in [7, 11) is 1.76. The normalized spacial score (nSPS) is 35.3. The summed E-state index contributed by atoms with van der Waals surface area (Å²) < 4.78 is 5.88. The number of hydrogen-bond donors (Lipinski definition) is 1. The molecule has 0 radical (unpaired) electrons. The van der Waals surface area contributed by atoms with Crippen LogP contribution in [0.25, 0.3) is 0 Å². The molecule has 104 valence electrons. The Morgan fingerprint density at radius 3 is 2.89 bits per heavy atom. The van der Waals surface area contributed by atoms with E-state index >= 15 is 0 Å². The van der Waals surface area contributed by atoms with Crippen molar-refractivity contribution >= 4 is 12.6 Å². The average Bonchev–Trinajstić information content (AvgIpc) is 3.00. The Morgan fingerprint density at radius 1 is 1.63 bits per heavy atom. The van der Waals surface area contributed by atoms with E-state index in [1.807, 2.05) is 24.1 Å². The second-order valence-corrected chi connectivity index (χ2v) is 4.95. The number of amidine groups is 1. The second kappa shape index (κ2) is 5.67. The van der Waals surface area contributed by atoms with Crippen LogP contribution < -0.4 is 0 Å². The van der Waals surface area contributed by atoms with Crippen molar-refractivity contribution in [3.8, 4) is 0 Å². The monoisotopic (exact) mass is 263 g/mol. The first kappa shape index (κ1) is 14.0. The van der Waals surface area contributed by atoms with E-state index in [-0.39, 0.29) is 18.9 Å². The number of aliphatic imine (C=N–C) groups is 2. The van der Waals surface area contributed by atoms with Gasteiger partial charge in [0.25, 0.3) is 0 Å². The van der Waals surface area contributed by atoms with Crippen molar-refractivity contribution in [2.75, 3.05) is 13.7 Å². The van der Waals surface area contributed by atoms with E-state index in [1.165, 1.54) is 0 Å². The highest BCUT2D eigenvalue weighted by Crippen LogP contribution is 2.32. The first-order valence-electron chi connectivity index (χ1n) is 6.50. The molecule has 0 saturated carbocycles. The van der Waals surface area contributed by atoms with Crippen molar-refractivity contribution in [2.45, 2.75) is 32.6 Å². The number of nitrogens with zero attached hydrogens (tertiary/aromatic N) is 3. The molecule has 3 atom stereocenters. The third kappa shape index (κ3) is 2.48. The molecule has 5 heteroatoms. The molecular weight excluding hydrogens is 242 g/mol. The summed E-state index contributed by atoms with van der Waals surface area (Å²) in [6.45, 7) is 7.62. The van der Waals surface area contributed by atoms with Gasteiger partial charge in [-0.05, 0) is 32.1 Å². The molecule has 0 bridgehead atoms. The fourth-order valence-corrected chi connectivity index (χ4v) is 2.54. The van der Waals surface area contributed by atoms with E-state index in [4.69, 9.17) is 4.74 Å². The fourth-order valence-electron chi connectivity index (χ4n) is 2.54. The summed E-state index contributed by atoms with van der Waals surface area (Å²) in [6, 6.07) is 0. The van der Waals surface area contributed by atoms with Gasteiger partial charge in [-0.1, -0.05) is 6.92 Å². The fraction of sp³-hybridized carbons (Fsp3) is 0.571. The highest BCUT2D eigenvalue weighted by atomic mass is 16.5. The molecule has 0 amide bonds. The molecule has 0 aromatic heterocycles. The lowest BCUT2D eigenvalue weighted by atomic mass is 10.0. The lowest BCUT2D eigenvalue weighted by molar-refractivity contribution is -0.0343. The van der Waals surface area contributed by atoms with E-state index in [0.29, 0.717) is 5.92 Å². The molecule has 5 nitrogen and oxygen atoms in total. The van der Waals surface area contributed by atoms with Crippen LogP contribution in [-0.4, -0.2) is 48.5 Å². The molecule has 2 heterocycles. The van der Waals surface area contributed by atoms with Gasteiger partial charge in [0.05, 0.1) is 12.7 Å². The van der Waals surface area contributed by atoms with Crippen molar-refractivity contribution in [3.05, 3.63) is 23.5 Å². The molecule has 0 aromatic carbocycles. The van der Waals surface area contributed by atoms with Crippen molar-refractivity contribution < 1.29 is 9.84 Å². The van der Waals surface area contributed by atoms with Gasteiger partial charge in [0.1, 0.15) is 12.1 Å². The lowest BCUT2D eigenvalue weighted by Crippen LogP contribution is -2.34. The molecule has 1 saturated heterocycles. The summed E-state index contributed by atoms with van der Waals surface area (Å²) in [5.74, 6) is 1.19. The molecule has 3 unspecified atom stereocenters. The minimum atomic E-state index is -0.0943. The maximum Gasteiger partial charge on any atom is 0.138 e. The minimum absolute atomic E-state index is 0.0593. The highest BCUT2D eigenvalue weighted by molar-refractivity contribution is 6.04. The largest absolute Gasteiger partial charge is 0.394 e. The van der Waals surface area contributed by atoms with E-state index in [0.717, 1.165) is 23.5 Å². The molecule has 2 aliphatic heterocycles. The predicted molar refractivity (Wildman–Crippen MR) is 76.1 cm³/mol. The van der Waals surface area contributed by atoms with Crippen molar-refractivity contribution in [1.29, 1.82) is 0 Å². The van der Waals surface area contributed by atoms with Crippen molar-refractivity contribution in [1.82, 2.24) is 4.90 Å². The standard InChI is InChI=1S/C14H21N3O2/c1-9-7-13(19-12(9)8-18)17-6-5-11(10(2)15-3)14(17)16-4/h5-6,9,12-13,18H,3,7-8H2,1-2,4H3/b11-10-,16-14?. The zero-order valence-corrected chi connectivity index (χ0v) is 11.7. The molecule has 2 aliphatic rings. The number of aliphatic hydroxyl groups is 1. The highest BCUT2D eigenvalue weighted by Gasteiger charge is 2.37. The summed E-state index contributed by atoms with van der Waals surface area (Å²) in [5.41, 5.74) is 1.82. The van der Waals surface area contributed by atoms with Gasteiger partial charge >= 0.3 is 0 Å². The molecule has 0 spiro atoms.